The van der Waals surface area contributed by atoms with Crippen molar-refractivity contribution in [3.8, 4) is 0 Å². The first-order chi connectivity index (χ1) is 5.93. The largest absolute Gasteiger partial charge is 0.358 e. The summed E-state index contributed by atoms with van der Waals surface area (Å²) >= 11 is 0. The molecule has 0 unspecified atom stereocenters. The summed E-state index contributed by atoms with van der Waals surface area (Å²) in [5.41, 5.74) is 0. The Morgan fingerprint density at radius 2 is 1.85 bits per heavy atom. The minimum absolute atomic E-state index is 0.0781. The highest BCUT2D eigenvalue weighted by molar-refractivity contribution is 5.73. The van der Waals surface area contributed by atoms with Gasteiger partial charge in [0.1, 0.15) is 6.73 Å². The van der Waals surface area contributed by atoms with Crippen molar-refractivity contribution in [2.24, 2.45) is 5.92 Å². The van der Waals surface area contributed by atoms with Crippen LogP contribution in [0.25, 0.3) is 0 Å². The summed E-state index contributed by atoms with van der Waals surface area (Å²) in [4.78, 5) is 12.9. The summed E-state index contributed by atoms with van der Waals surface area (Å²) in [5.74, 6) is 0.564. The summed E-state index contributed by atoms with van der Waals surface area (Å²) in [6.07, 6.45) is 0.175. The van der Waals surface area contributed by atoms with Gasteiger partial charge in [-0.2, -0.15) is 0 Å². The van der Waals surface area contributed by atoms with Crippen LogP contribution in [0.2, 0.25) is 0 Å². The van der Waals surface area contributed by atoms with Gasteiger partial charge in [0.15, 0.2) is 0 Å². The zero-order chi connectivity index (χ0) is 10.4. The molecule has 0 aromatic heterocycles. The Hall–Kier alpha value is -0.570. The van der Waals surface area contributed by atoms with E-state index in [1.54, 1.807) is 11.8 Å². The quantitative estimate of drug-likeness (QED) is 0.615. The predicted molar refractivity (Wildman–Crippen MR) is 53.3 cm³/mol. The van der Waals surface area contributed by atoms with Gasteiger partial charge in [-0.3, -0.25) is 4.79 Å². The Balaban J connectivity index is 3.88. The van der Waals surface area contributed by atoms with Gasteiger partial charge >= 0.3 is 0 Å². The molecule has 0 heterocycles. The summed E-state index contributed by atoms with van der Waals surface area (Å²) in [7, 11) is 0. The maximum absolute atomic E-state index is 11.1. The fourth-order valence-electron chi connectivity index (χ4n) is 0.952. The van der Waals surface area contributed by atoms with Crippen molar-refractivity contribution >= 4 is 5.91 Å². The molecule has 0 saturated carbocycles. The molecular weight excluding hydrogens is 166 g/mol. The first-order valence-electron chi connectivity index (χ1n) is 4.80. The number of hydrogen-bond donors (Lipinski definition) is 0. The maximum atomic E-state index is 11.1. The van der Waals surface area contributed by atoms with Crippen LogP contribution >= 0.6 is 0 Å². The molecule has 0 saturated heterocycles. The molecule has 0 aromatic carbocycles. The van der Waals surface area contributed by atoms with Crippen LogP contribution in [0.1, 0.15) is 34.6 Å². The second-order valence-corrected chi connectivity index (χ2v) is 3.98. The van der Waals surface area contributed by atoms with Crippen molar-refractivity contribution in [2.45, 2.75) is 40.7 Å². The molecule has 0 fully saturated rings. The van der Waals surface area contributed by atoms with Gasteiger partial charge in [-0.1, -0.05) is 13.8 Å². The van der Waals surface area contributed by atoms with E-state index in [1.165, 1.54) is 0 Å². The predicted octanol–water partition coefficient (Wildman–Crippen LogP) is 1.87. The average molecular weight is 187 g/mol. The van der Waals surface area contributed by atoms with E-state index < -0.39 is 0 Å². The summed E-state index contributed by atoms with van der Waals surface area (Å²) in [6, 6.07) is 0. The van der Waals surface area contributed by atoms with Gasteiger partial charge in [0.05, 0.1) is 6.10 Å². The maximum Gasteiger partial charge on any atom is 0.221 e. The molecule has 0 N–H and O–H groups in total. The van der Waals surface area contributed by atoms with Crippen LogP contribution in [-0.2, 0) is 9.53 Å². The highest BCUT2D eigenvalue weighted by Crippen LogP contribution is 2.00. The molecule has 0 aliphatic carbocycles. The molecule has 0 aromatic rings. The van der Waals surface area contributed by atoms with Crippen LogP contribution in [0.3, 0.4) is 0 Å². The minimum Gasteiger partial charge on any atom is -0.358 e. The smallest absolute Gasteiger partial charge is 0.221 e. The molecule has 0 aliphatic heterocycles. The Morgan fingerprint density at radius 1 is 1.31 bits per heavy atom. The van der Waals surface area contributed by atoms with Gasteiger partial charge in [0.25, 0.3) is 0 Å². The number of hydrogen-bond acceptors (Lipinski definition) is 2. The van der Waals surface area contributed by atoms with E-state index in [1.807, 2.05) is 13.8 Å². The highest BCUT2D eigenvalue weighted by atomic mass is 16.5. The van der Waals surface area contributed by atoms with Crippen molar-refractivity contribution in [3.63, 3.8) is 0 Å². The Kier molecular flexibility index (Phi) is 5.71. The van der Waals surface area contributed by atoms with Crippen molar-refractivity contribution < 1.29 is 9.53 Å². The van der Waals surface area contributed by atoms with Crippen molar-refractivity contribution in [1.29, 1.82) is 0 Å². The number of ether oxygens (including phenoxy) is 1. The van der Waals surface area contributed by atoms with E-state index in [4.69, 9.17) is 4.74 Å². The second kappa shape index (κ2) is 5.97. The third-order valence-electron chi connectivity index (χ3n) is 1.59. The molecule has 0 bridgehead atoms. The van der Waals surface area contributed by atoms with Gasteiger partial charge in [-0.25, -0.2) is 0 Å². The van der Waals surface area contributed by atoms with E-state index in [0.29, 0.717) is 12.6 Å². The molecule has 0 radical (unpaired) electrons. The lowest BCUT2D eigenvalue weighted by Gasteiger charge is -2.23. The van der Waals surface area contributed by atoms with Gasteiger partial charge in [-0.15, -0.1) is 0 Å². The van der Waals surface area contributed by atoms with E-state index in [0.717, 1.165) is 6.54 Å². The normalized spacial score (nSPS) is 11.0. The van der Waals surface area contributed by atoms with Gasteiger partial charge in [0, 0.05) is 13.5 Å². The Morgan fingerprint density at radius 3 is 2.15 bits per heavy atom. The summed E-state index contributed by atoms with van der Waals surface area (Å²) in [5, 5.41) is 0. The third kappa shape index (κ3) is 6.58. The van der Waals surface area contributed by atoms with Crippen LogP contribution < -0.4 is 0 Å². The topological polar surface area (TPSA) is 29.5 Å². The monoisotopic (exact) mass is 187 g/mol. The number of carbonyl (C=O) groups is 1. The lowest BCUT2D eigenvalue weighted by atomic mass is 10.2. The minimum atomic E-state index is 0.0781. The first kappa shape index (κ1) is 12.4. The Bertz CT molecular complexity index is 155. The van der Waals surface area contributed by atoms with E-state index in [-0.39, 0.29) is 12.0 Å². The van der Waals surface area contributed by atoms with Crippen LogP contribution in [0.15, 0.2) is 0 Å². The number of carbonyl (C=O) groups excluding carboxylic acids is 1. The molecule has 0 rings (SSSR count). The van der Waals surface area contributed by atoms with Gasteiger partial charge in [0.2, 0.25) is 5.91 Å². The van der Waals surface area contributed by atoms with Crippen molar-refractivity contribution in [3.05, 3.63) is 0 Å². The lowest BCUT2D eigenvalue weighted by molar-refractivity contribution is -0.136. The zero-order valence-corrected chi connectivity index (χ0v) is 9.33. The summed E-state index contributed by atoms with van der Waals surface area (Å²) in [6.45, 7) is 10.9. The van der Waals surface area contributed by atoms with E-state index in [9.17, 15) is 4.79 Å². The molecule has 3 heteroatoms. The molecule has 3 nitrogen and oxygen atoms in total. The van der Waals surface area contributed by atoms with Crippen molar-refractivity contribution in [1.82, 2.24) is 4.90 Å². The van der Waals surface area contributed by atoms with Crippen LogP contribution in [0, 0.1) is 5.92 Å². The Labute approximate surface area is 81.1 Å². The van der Waals surface area contributed by atoms with Crippen LogP contribution in [0.4, 0.5) is 0 Å². The number of nitrogens with zero attached hydrogens (tertiary/aromatic N) is 1. The van der Waals surface area contributed by atoms with Crippen LogP contribution in [-0.4, -0.2) is 30.2 Å². The average Bonchev–Trinajstić information content (AvgIpc) is 1.96. The van der Waals surface area contributed by atoms with Crippen molar-refractivity contribution in [2.75, 3.05) is 13.3 Å². The van der Waals surface area contributed by atoms with Crippen LogP contribution in [0.5, 0.6) is 0 Å². The SMILES string of the molecule is CC(=O)N(COC(C)C)CC(C)C. The molecule has 0 spiro atoms. The highest BCUT2D eigenvalue weighted by Gasteiger charge is 2.10. The number of rotatable bonds is 5. The molecule has 78 valence electrons. The fraction of sp³-hybridized carbons (Fsp3) is 0.900. The fourth-order valence-corrected chi connectivity index (χ4v) is 0.952. The van der Waals surface area contributed by atoms with Gasteiger partial charge in [-0.05, 0) is 19.8 Å². The summed E-state index contributed by atoms with van der Waals surface area (Å²) < 4.78 is 5.37. The third-order valence-corrected chi connectivity index (χ3v) is 1.59. The molecule has 13 heavy (non-hydrogen) atoms. The molecule has 0 aliphatic rings. The molecule has 0 atom stereocenters. The number of amides is 1. The molecule has 1 amide bonds. The zero-order valence-electron chi connectivity index (χ0n) is 9.33. The van der Waals surface area contributed by atoms with Gasteiger partial charge < -0.3 is 9.64 Å². The standard InChI is InChI=1S/C10H21NO2/c1-8(2)6-11(10(5)12)7-13-9(3)4/h8-9H,6-7H2,1-5H3. The lowest BCUT2D eigenvalue weighted by Crippen LogP contribution is -2.35. The van der Waals surface area contributed by atoms with E-state index >= 15 is 0 Å². The molecular formula is C10H21NO2. The second-order valence-electron chi connectivity index (χ2n) is 3.98. The van der Waals surface area contributed by atoms with E-state index in [2.05, 4.69) is 13.8 Å². The first-order valence-corrected chi connectivity index (χ1v) is 4.80.